The van der Waals surface area contributed by atoms with Crippen molar-refractivity contribution in [2.45, 2.75) is 25.9 Å². The van der Waals surface area contributed by atoms with Crippen LogP contribution in [0.15, 0.2) is 12.4 Å². The molecule has 100 valence electrons. The monoisotopic (exact) mass is 256 g/mol. The van der Waals surface area contributed by atoms with Crippen molar-refractivity contribution in [3.63, 3.8) is 0 Å². The maximum atomic E-state index is 9.75. The quantitative estimate of drug-likeness (QED) is 0.500. The van der Waals surface area contributed by atoms with Crippen LogP contribution in [0, 0.1) is 0 Å². The number of aromatic amines is 1. The number of hydrogen-bond donors (Lipinski definition) is 1. The number of H-pyrrole nitrogens is 1. The smallest absolute Gasteiger partial charge is 0.418 e. The molecule has 1 N–H and O–H groups in total. The molecule has 1 unspecified atom stereocenters. The number of aromatic nitrogens is 2. The molecule has 1 heterocycles. The Labute approximate surface area is 97.9 Å². The molecule has 0 bridgehead atoms. The first-order valence-electron chi connectivity index (χ1n) is 5.22. The lowest BCUT2D eigenvalue weighted by Gasteiger charge is -2.08. The van der Waals surface area contributed by atoms with Crippen LogP contribution in [0.3, 0.4) is 0 Å². The van der Waals surface area contributed by atoms with Gasteiger partial charge >= 0.3 is 7.25 Å². The van der Waals surface area contributed by atoms with Crippen molar-refractivity contribution in [3.05, 3.63) is 18.2 Å². The van der Waals surface area contributed by atoms with Crippen LogP contribution in [0.25, 0.3) is 0 Å². The Hall–Kier alpha value is -1.05. The second kappa shape index (κ2) is 7.31. The molecule has 0 aliphatic heterocycles. The fraction of sp³-hybridized carbons (Fsp3) is 0.667. The van der Waals surface area contributed by atoms with Crippen LogP contribution in [0.1, 0.15) is 31.7 Å². The SMILES string of the molecule is CCCC(OC)c1[nH]cc[n+]1C.F[B-](F)(F)F. The molecule has 0 aliphatic carbocycles. The third-order valence-electron chi connectivity index (χ3n) is 2.05. The van der Waals surface area contributed by atoms with Crippen molar-refractivity contribution in [1.29, 1.82) is 0 Å². The second-order valence-electron chi connectivity index (χ2n) is 3.46. The number of nitrogens with zero attached hydrogens (tertiary/aromatic N) is 1. The van der Waals surface area contributed by atoms with E-state index in [1.165, 1.54) is 0 Å². The average molecular weight is 256 g/mol. The van der Waals surface area contributed by atoms with Gasteiger partial charge < -0.3 is 22.0 Å². The van der Waals surface area contributed by atoms with Crippen molar-refractivity contribution < 1.29 is 26.6 Å². The van der Waals surface area contributed by atoms with Crippen LogP contribution < -0.4 is 4.57 Å². The molecular formula is C9H17BF4N2O. The van der Waals surface area contributed by atoms with E-state index < -0.39 is 7.25 Å². The van der Waals surface area contributed by atoms with Crippen molar-refractivity contribution in [2.75, 3.05) is 7.11 Å². The first kappa shape index (κ1) is 16.0. The van der Waals surface area contributed by atoms with Gasteiger partial charge in [-0.05, 0) is 6.42 Å². The molecule has 0 spiro atoms. The Morgan fingerprint density at radius 3 is 2.24 bits per heavy atom. The van der Waals surface area contributed by atoms with Crippen LogP contribution in [0.5, 0.6) is 0 Å². The molecule has 1 atom stereocenters. The van der Waals surface area contributed by atoms with Gasteiger partial charge in [0.25, 0.3) is 5.82 Å². The van der Waals surface area contributed by atoms with E-state index >= 15 is 0 Å². The van der Waals surface area contributed by atoms with Crippen molar-refractivity contribution in [1.82, 2.24) is 4.98 Å². The molecule has 8 heteroatoms. The van der Waals surface area contributed by atoms with Crippen molar-refractivity contribution in [2.24, 2.45) is 7.05 Å². The zero-order valence-electron chi connectivity index (χ0n) is 10.1. The number of ether oxygens (including phenoxy) is 1. The first-order valence-corrected chi connectivity index (χ1v) is 5.22. The van der Waals surface area contributed by atoms with Crippen molar-refractivity contribution in [3.8, 4) is 0 Å². The zero-order chi connectivity index (χ0) is 13.5. The Kier molecular flexibility index (Phi) is 6.86. The summed E-state index contributed by atoms with van der Waals surface area (Å²) in [7, 11) is -2.23. The number of imidazole rings is 1. The summed E-state index contributed by atoms with van der Waals surface area (Å²) in [4.78, 5) is 3.18. The van der Waals surface area contributed by atoms with Crippen LogP contribution >= 0.6 is 0 Å². The molecule has 1 aromatic heterocycles. The Morgan fingerprint density at radius 2 is 1.94 bits per heavy atom. The number of rotatable bonds is 4. The molecule has 1 aromatic rings. The second-order valence-corrected chi connectivity index (χ2v) is 3.46. The third-order valence-corrected chi connectivity index (χ3v) is 2.05. The number of methoxy groups -OCH3 is 1. The van der Waals surface area contributed by atoms with Crippen LogP contribution in [0.2, 0.25) is 0 Å². The Balaban J connectivity index is 0.000000437. The van der Waals surface area contributed by atoms with Crippen LogP contribution in [0.4, 0.5) is 17.3 Å². The van der Waals surface area contributed by atoms with E-state index in [-0.39, 0.29) is 6.10 Å². The molecule has 3 nitrogen and oxygen atoms in total. The van der Waals surface area contributed by atoms with Crippen molar-refractivity contribution >= 4 is 7.25 Å². The fourth-order valence-electron chi connectivity index (χ4n) is 1.37. The highest BCUT2D eigenvalue weighted by Gasteiger charge is 2.20. The van der Waals surface area contributed by atoms with Gasteiger partial charge in [-0.1, -0.05) is 13.3 Å². The molecule has 1 rings (SSSR count). The largest absolute Gasteiger partial charge is 0.673 e. The van der Waals surface area contributed by atoms with E-state index in [1.807, 2.05) is 19.4 Å². The average Bonchev–Trinajstić information content (AvgIpc) is 2.58. The zero-order valence-corrected chi connectivity index (χ0v) is 10.1. The molecule has 0 saturated carbocycles. The van der Waals surface area contributed by atoms with Gasteiger partial charge in [-0.15, -0.1) is 0 Å². The third kappa shape index (κ3) is 7.79. The molecule has 0 amide bonds. The Bertz CT molecular complexity index is 310. The summed E-state index contributed by atoms with van der Waals surface area (Å²) in [6.45, 7) is 2.16. The van der Waals surface area contributed by atoms with Gasteiger partial charge in [0.1, 0.15) is 12.4 Å². The lowest BCUT2D eigenvalue weighted by Crippen LogP contribution is -2.32. The molecule has 0 saturated heterocycles. The van der Waals surface area contributed by atoms with E-state index in [2.05, 4.69) is 16.5 Å². The highest BCUT2D eigenvalue weighted by molar-refractivity contribution is 6.50. The van der Waals surface area contributed by atoms with Crippen LogP contribution in [-0.2, 0) is 11.8 Å². The standard InChI is InChI=1S/C9H16N2O.BF4/c1-4-5-8(12-3)9-10-6-7-11(9)2;2-1(3,4)5/h6-8H,4-5H2,1-3H3;/q;-1/p+1. The molecule has 0 radical (unpaired) electrons. The molecule has 17 heavy (non-hydrogen) atoms. The summed E-state index contributed by atoms with van der Waals surface area (Å²) in [5, 5.41) is 0. The lowest BCUT2D eigenvalue weighted by molar-refractivity contribution is -0.681. The number of hydrogen-bond acceptors (Lipinski definition) is 1. The maximum absolute atomic E-state index is 9.75. The number of aryl methyl sites for hydroxylation is 1. The van der Waals surface area contributed by atoms with E-state index in [4.69, 9.17) is 4.74 Å². The van der Waals surface area contributed by atoms with E-state index in [1.54, 1.807) is 7.11 Å². The predicted octanol–water partition coefficient (Wildman–Crippen LogP) is 2.63. The summed E-state index contributed by atoms with van der Waals surface area (Å²) < 4.78 is 46.4. The minimum atomic E-state index is -6.00. The summed E-state index contributed by atoms with van der Waals surface area (Å²) in [5.74, 6) is 1.14. The summed E-state index contributed by atoms with van der Waals surface area (Å²) >= 11 is 0. The minimum absolute atomic E-state index is 0.204. The number of halogens is 4. The Morgan fingerprint density at radius 1 is 1.41 bits per heavy atom. The van der Waals surface area contributed by atoms with E-state index in [0.29, 0.717) is 0 Å². The summed E-state index contributed by atoms with van der Waals surface area (Å²) in [6.07, 6.45) is 6.33. The minimum Gasteiger partial charge on any atom is -0.418 e. The van der Waals surface area contributed by atoms with Gasteiger partial charge in [0, 0.05) is 7.11 Å². The topological polar surface area (TPSA) is 28.9 Å². The van der Waals surface area contributed by atoms with Gasteiger partial charge in [-0.3, -0.25) is 0 Å². The normalized spacial score (nSPS) is 12.9. The van der Waals surface area contributed by atoms with E-state index in [9.17, 15) is 17.3 Å². The van der Waals surface area contributed by atoms with Crippen LogP contribution in [-0.4, -0.2) is 19.3 Å². The maximum Gasteiger partial charge on any atom is 0.673 e. The van der Waals surface area contributed by atoms with Gasteiger partial charge in [0.05, 0.1) is 7.05 Å². The van der Waals surface area contributed by atoms with Gasteiger partial charge in [0.2, 0.25) is 0 Å². The molecular weight excluding hydrogens is 239 g/mol. The highest BCUT2D eigenvalue weighted by Crippen LogP contribution is 2.16. The summed E-state index contributed by atoms with van der Waals surface area (Å²) in [6, 6.07) is 0. The van der Waals surface area contributed by atoms with Gasteiger partial charge in [-0.25, -0.2) is 9.55 Å². The fourth-order valence-corrected chi connectivity index (χ4v) is 1.37. The molecule has 0 fully saturated rings. The number of nitrogens with one attached hydrogen (secondary N) is 1. The molecule has 0 aromatic carbocycles. The van der Waals surface area contributed by atoms with Gasteiger partial charge in [0.15, 0.2) is 6.10 Å². The highest BCUT2D eigenvalue weighted by atomic mass is 19.5. The summed E-state index contributed by atoms with van der Waals surface area (Å²) in [5.41, 5.74) is 0. The first-order chi connectivity index (χ1) is 7.79. The lowest BCUT2D eigenvalue weighted by atomic mass is 10.2. The van der Waals surface area contributed by atoms with E-state index in [0.717, 1.165) is 18.7 Å². The predicted molar refractivity (Wildman–Crippen MR) is 56.8 cm³/mol. The van der Waals surface area contributed by atoms with Gasteiger partial charge in [-0.2, -0.15) is 0 Å². The molecule has 0 aliphatic rings.